The van der Waals surface area contributed by atoms with Crippen LogP contribution in [0, 0.1) is 0 Å². The molecule has 6 heteroatoms. The molecule has 0 amide bonds. The molecule has 0 aliphatic heterocycles. The van der Waals surface area contributed by atoms with E-state index in [2.05, 4.69) is 39.2 Å². The molecule has 140 valence electrons. The predicted octanol–water partition coefficient (Wildman–Crippen LogP) is 4.26. The first-order valence-electron chi connectivity index (χ1n) is 8.83. The third-order valence-corrected chi connectivity index (χ3v) is 4.24. The van der Waals surface area contributed by atoms with Crippen LogP contribution in [0.1, 0.15) is 12.5 Å². The minimum Gasteiger partial charge on any atom is -0.497 e. The van der Waals surface area contributed by atoms with E-state index < -0.39 is 0 Å². The predicted molar refractivity (Wildman–Crippen MR) is 108 cm³/mol. The highest BCUT2D eigenvalue weighted by molar-refractivity contribution is 5.67. The zero-order valence-electron chi connectivity index (χ0n) is 15.8. The molecule has 3 aromatic rings. The van der Waals surface area contributed by atoms with Crippen molar-refractivity contribution in [3.63, 3.8) is 0 Å². The third kappa shape index (κ3) is 4.67. The van der Waals surface area contributed by atoms with Gasteiger partial charge in [0, 0.05) is 25.2 Å². The van der Waals surface area contributed by atoms with Gasteiger partial charge in [-0.3, -0.25) is 0 Å². The van der Waals surface area contributed by atoms with Crippen molar-refractivity contribution < 1.29 is 9.47 Å². The van der Waals surface area contributed by atoms with E-state index in [-0.39, 0.29) is 0 Å². The summed E-state index contributed by atoms with van der Waals surface area (Å²) in [5.41, 5.74) is 2.02. The van der Waals surface area contributed by atoms with Crippen LogP contribution in [-0.2, 0) is 6.54 Å². The molecule has 3 rings (SSSR count). The Bertz CT molecular complexity index is 871. The van der Waals surface area contributed by atoms with Gasteiger partial charge in [-0.2, -0.15) is 0 Å². The fourth-order valence-corrected chi connectivity index (χ4v) is 2.80. The smallest absolute Gasteiger partial charge is 0.142 e. The lowest BCUT2D eigenvalue weighted by Crippen LogP contribution is -2.23. The topological polar surface area (TPSA) is 59.5 Å². The summed E-state index contributed by atoms with van der Waals surface area (Å²) in [5.74, 6) is 3.01. The first kappa shape index (κ1) is 18.5. The molecule has 1 N–H and O–H groups in total. The van der Waals surface area contributed by atoms with Gasteiger partial charge in [-0.1, -0.05) is 30.3 Å². The first-order chi connectivity index (χ1) is 13.2. The van der Waals surface area contributed by atoms with Crippen molar-refractivity contribution in [1.29, 1.82) is 0 Å². The number of rotatable bonds is 8. The highest BCUT2D eigenvalue weighted by Gasteiger charge is 2.10. The van der Waals surface area contributed by atoms with Gasteiger partial charge in [0.05, 0.1) is 19.9 Å². The SMILES string of the molecule is CCN(Cc1ccccc1)c1cc(Nc2cc(OC)ccc2OC)ncn1. The molecule has 0 aliphatic carbocycles. The van der Waals surface area contributed by atoms with Gasteiger partial charge in [0.2, 0.25) is 0 Å². The molecule has 0 spiro atoms. The quantitative estimate of drug-likeness (QED) is 0.644. The number of aromatic nitrogens is 2. The molecule has 0 saturated heterocycles. The molecule has 0 unspecified atom stereocenters. The van der Waals surface area contributed by atoms with Crippen LogP contribution in [0.25, 0.3) is 0 Å². The Morgan fingerprint density at radius 1 is 0.963 bits per heavy atom. The fraction of sp³-hybridized carbons (Fsp3) is 0.238. The van der Waals surface area contributed by atoms with Gasteiger partial charge in [-0.25, -0.2) is 9.97 Å². The summed E-state index contributed by atoms with van der Waals surface area (Å²) in [6.07, 6.45) is 1.57. The number of nitrogens with one attached hydrogen (secondary N) is 1. The number of ether oxygens (including phenoxy) is 2. The molecular weight excluding hydrogens is 340 g/mol. The van der Waals surface area contributed by atoms with Crippen molar-refractivity contribution in [2.75, 3.05) is 31.0 Å². The molecular formula is C21H24N4O2. The highest BCUT2D eigenvalue weighted by Crippen LogP contribution is 2.31. The van der Waals surface area contributed by atoms with Crippen LogP contribution in [0.15, 0.2) is 60.9 Å². The lowest BCUT2D eigenvalue weighted by molar-refractivity contribution is 0.405. The minimum absolute atomic E-state index is 0.693. The summed E-state index contributed by atoms with van der Waals surface area (Å²) in [6.45, 7) is 3.74. The zero-order valence-corrected chi connectivity index (χ0v) is 15.8. The fourth-order valence-electron chi connectivity index (χ4n) is 2.80. The van der Waals surface area contributed by atoms with Crippen LogP contribution in [0.4, 0.5) is 17.3 Å². The van der Waals surface area contributed by atoms with Crippen molar-refractivity contribution in [3.8, 4) is 11.5 Å². The van der Waals surface area contributed by atoms with E-state index in [0.29, 0.717) is 11.6 Å². The molecule has 6 nitrogen and oxygen atoms in total. The van der Waals surface area contributed by atoms with E-state index in [4.69, 9.17) is 9.47 Å². The highest BCUT2D eigenvalue weighted by atomic mass is 16.5. The molecule has 1 aromatic heterocycles. The molecule has 0 atom stereocenters. The average Bonchev–Trinajstić information content (AvgIpc) is 2.73. The number of anilines is 3. The summed E-state index contributed by atoms with van der Waals surface area (Å²) in [5, 5.41) is 3.30. The first-order valence-corrected chi connectivity index (χ1v) is 8.83. The van der Waals surface area contributed by atoms with Crippen LogP contribution in [0.5, 0.6) is 11.5 Å². The van der Waals surface area contributed by atoms with Crippen molar-refractivity contribution in [2.24, 2.45) is 0 Å². The molecule has 0 fully saturated rings. The second-order valence-corrected chi connectivity index (χ2v) is 5.95. The zero-order chi connectivity index (χ0) is 19.1. The van der Waals surface area contributed by atoms with Gasteiger partial charge in [-0.15, -0.1) is 0 Å². The number of methoxy groups -OCH3 is 2. The molecule has 1 heterocycles. The lowest BCUT2D eigenvalue weighted by Gasteiger charge is -2.22. The van der Waals surface area contributed by atoms with E-state index in [1.165, 1.54) is 5.56 Å². The number of nitrogens with zero attached hydrogens (tertiary/aromatic N) is 3. The van der Waals surface area contributed by atoms with Gasteiger partial charge in [0.15, 0.2) is 0 Å². The lowest BCUT2D eigenvalue weighted by atomic mass is 10.2. The van der Waals surface area contributed by atoms with Gasteiger partial charge >= 0.3 is 0 Å². The van der Waals surface area contributed by atoms with E-state index >= 15 is 0 Å². The van der Waals surface area contributed by atoms with Gasteiger partial charge in [0.25, 0.3) is 0 Å². The molecule has 0 aliphatic rings. The summed E-state index contributed by atoms with van der Waals surface area (Å²) in [4.78, 5) is 11.0. The standard InChI is InChI=1S/C21H24N4O2/c1-4-25(14-16-8-6-5-7-9-16)21-13-20(22-15-23-21)24-18-12-17(26-2)10-11-19(18)27-3/h5-13,15H,4,14H2,1-3H3,(H,22,23,24). The Morgan fingerprint density at radius 3 is 2.48 bits per heavy atom. The van der Waals surface area contributed by atoms with E-state index in [9.17, 15) is 0 Å². The van der Waals surface area contributed by atoms with Crippen LogP contribution in [-0.4, -0.2) is 30.7 Å². The second kappa shape index (κ2) is 8.89. The van der Waals surface area contributed by atoms with Crippen molar-refractivity contribution in [1.82, 2.24) is 9.97 Å². The van der Waals surface area contributed by atoms with Gasteiger partial charge in [-0.05, 0) is 24.6 Å². The molecule has 0 radical (unpaired) electrons. The van der Waals surface area contributed by atoms with Crippen LogP contribution in [0.3, 0.4) is 0 Å². The number of hydrogen-bond donors (Lipinski definition) is 1. The summed E-state index contributed by atoms with van der Waals surface area (Å²) in [6, 6.07) is 17.9. The summed E-state index contributed by atoms with van der Waals surface area (Å²) < 4.78 is 10.7. The van der Waals surface area contributed by atoms with Crippen LogP contribution in [0.2, 0.25) is 0 Å². The maximum Gasteiger partial charge on any atom is 0.142 e. The van der Waals surface area contributed by atoms with E-state index in [1.807, 2.05) is 42.5 Å². The third-order valence-electron chi connectivity index (χ3n) is 4.24. The average molecular weight is 364 g/mol. The normalized spacial score (nSPS) is 10.3. The van der Waals surface area contributed by atoms with Crippen molar-refractivity contribution in [3.05, 3.63) is 66.5 Å². The Labute approximate surface area is 159 Å². The van der Waals surface area contributed by atoms with Crippen molar-refractivity contribution in [2.45, 2.75) is 13.5 Å². The molecule has 2 aromatic carbocycles. The van der Waals surface area contributed by atoms with Gasteiger partial charge < -0.3 is 19.7 Å². The Morgan fingerprint density at radius 2 is 1.78 bits per heavy atom. The molecule has 0 saturated carbocycles. The Hall–Kier alpha value is -3.28. The van der Waals surface area contributed by atoms with Crippen LogP contribution >= 0.6 is 0 Å². The van der Waals surface area contributed by atoms with E-state index in [1.54, 1.807) is 20.5 Å². The Kier molecular flexibility index (Phi) is 6.10. The van der Waals surface area contributed by atoms with Crippen molar-refractivity contribution >= 4 is 17.3 Å². The minimum atomic E-state index is 0.693. The monoisotopic (exact) mass is 364 g/mol. The molecule has 27 heavy (non-hydrogen) atoms. The van der Waals surface area contributed by atoms with Gasteiger partial charge in [0.1, 0.15) is 29.5 Å². The maximum absolute atomic E-state index is 5.42. The Balaban J connectivity index is 1.83. The largest absolute Gasteiger partial charge is 0.497 e. The second-order valence-electron chi connectivity index (χ2n) is 5.95. The van der Waals surface area contributed by atoms with Crippen LogP contribution < -0.4 is 19.7 Å². The summed E-state index contributed by atoms with van der Waals surface area (Å²) in [7, 11) is 3.27. The van der Waals surface area contributed by atoms with E-state index in [0.717, 1.165) is 30.3 Å². The number of benzene rings is 2. The number of hydrogen-bond acceptors (Lipinski definition) is 6. The molecule has 0 bridgehead atoms. The summed E-state index contributed by atoms with van der Waals surface area (Å²) >= 11 is 0. The maximum atomic E-state index is 5.42.